The van der Waals surface area contributed by atoms with Gasteiger partial charge in [0.25, 0.3) is 0 Å². The van der Waals surface area contributed by atoms with Crippen LogP contribution in [0.15, 0.2) is 6.20 Å². The summed E-state index contributed by atoms with van der Waals surface area (Å²) in [4.78, 5) is 11.2. The van der Waals surface area contributed by atoms with E-state index in [1.807, 2.05) is 20.8 Å². The van der Waals surface area contributed by atoms with Gasteiger partial charge in [0.05, 0.1) is 24.0 Å². The first-order valence-corrected chi connectivity index (χ1v) is 6.28. The summed E-state index contributed by atoms with van der Waals surface area (Å²) >= 11 is 0. The molecule has 1 aromatic heterocycles. The molecule has 1 aliphatic carbocycles. The quantitative estimate of drug-likeness (QED) is 0.873. The Balaban J connectivity index is 2.16. The maximum Gasteiger partial charge on any atom is 0.339 e. The van der Waals surface area contributed by atoms with Gasteiger partial charge in [0.2, 0.25) is 0 Å². The minimum atomic E-state index is -0.949. The number of aromatic carboxylic acids is 1. The summed E-state index contributed by atoms with van der Waals surface area (Å²) in [7, 11) is 0. The molecular formula is C13H20N2O3. The number of aromatic nitrogens is 2. The van der Waals surface area contributed by atoms with Crippen molar-refractivity contribution in [1.82, 2.24) is 9.78 Å². The van der Waals surface area contributed by atoms with Gasteiger partial charge in [-0.2, -0.15) is 5.10 Å². The lowest BCUT2D eigenvalue weighted by Crippen LogP contribution is -2.26. The Hall–Kier alpha value is -1.36. The van der Waals surface area contributed by atoms with Crippen molar-refractivity contribution in [3.8, 4) is 0 Å². The summed E-state index contributed by atoms with van der Waals surface area (Å²) in [5.74, 6) is -0.278. The van der Waals surface area contributed by atoms with Crippen LogP contribution in [-0.4, -0.2) is 27.5 Å². The maximum atomic E-state index is 11.2. The first-order valence-electron chi connectivity index (χ1n) is 6.28. The van der Waals surface area contributed by atoms with Crippen molar-refractivity contribution in [1.29, 1.82) is 0 Å². The monoisotopic (exact) mass is 252 g/mol. The van der Waals surface area contributed by atoms with Crippen LogP contribution < -0.4 is 0 Å². The van der Waals surface area contributed by atoms with Gasteiger partial charge in [-0.25, -0.2) is 4.79 Å². The summed E-state index contributed by atoms with van der Waals surface area (Å²) in [5.41, 5.74) is 0.641. The second-order valence-electron chi connectivity index (χ2n) is 5.85. The van der Waals surface area contributed by atoms with Gasteiger partial charge in [-0.3, -0.25) is 4.68 Å². The van der Waals surface area contributed by atoms with Crippen molar-refractivity contribution in [3.05, 3.63) is 17.5 Å². The predicted octanol–water partition coefficient (Wildman–Crippen LogP) is 2.26. The third-order valence-electron chi connectivity index (χ3n) is 3.02. The SMILES string of the molecule is CC(C)(C)n1ncc(C(=O)O)c1COCC1CC1. The Kier molecular flexibility index (Phi) is 3.43. The summed E-state index contributed by atoms with van der Waals surface area (Å²) in [6.07, 6.45) is 3.86. The minimum Gasteiger partial charge on any atom is -0.478 e. The van der Waals surface area contributed by atoms with Crippen molar-refractivity contribution >= 4 is 5.97 Å². The van der Waals surface area contributed by atoms with E-state index in [1.54, 1.807) is 4.68 Å². The zero-order valence-electron chi connectivity index (χ0n) is 11.1. The lowest BCUT2D eigenvalue weighted by molar-refractivity contribution is 0.0681. The van der Waals surface area contributed by atoms with Gasteiger partial charge in [0.15, 0.2) is 0 Å². The van der Waals surface area contributed by atoms with E-state index in [0.717, 1.165) is 0 Å². The molecule has 0 unspecified atom stereocenters. The zero-order valence-corrected chi connectivity index (χ0v) is 11.1. The Morgan fingerprint density at radius 3 is 2.72 bits per heavy atom. The number of carboxylic acids is 1. The van der Waals surface area contributed by atoms with Crippen LogP contribution in [0, 0.1) is 5.92 Å². The zero-order chi connectivity index (χ0) is 13.3. The van der Waals surface area contributed by atoms with E-state index in [4.69, 9.17) is 9.84 Å². The molecule has 0 amide bonds. The average Bonchev–Trinajstić information content (AvgIpc) is 2.93. The lowest BCUT2D eigenvalue weighted by Gasteiger charge is -2.22. The number of hydrogen-bond donors (Lipinski definition) is 1. The average molecular weight is 252 g/mol. The summed E-state index contributed by atoms with van der Waals surface area (Å²) in [6, 6.07) is 0. The van der Waals surface area contributed by atoms with Crippen LogP contribution in [0.1, 0.15) is 49.7 Å². The van der Waals surface area contributed by atoms with Crippen LogP contribution in [-0.2, 0) is 16.9 Å². The lowest BCUT2D eigenvalue weighted by atomic mass is 10.1. The predicted molar refractivity (Wildman–Crippen MR) is 66.6 cm³/mol. The molecule has 0 aromatic carbocycles. The molecule has 0 spiro atoms. The van der Waals surface area contributed by atoms with Crippen molar-refractivity contribution in [2.75, 3.05) is 6.61 Å². The van der Waals surface area contributed by atoms with Crippen molar-refractivity contribution < 1.29 is 14.6 Å². The highest BCUT2D eigenvalue weighted by molar-refractivity contribution is 5.88. The smallest absolute Gasteiger partial charge is 0.339 e. The first kappa shape index (κ1) is 13.1. The third-order valence-corrected chi connectivity index (χ3v) is 3.02. The molecule has 1 N–H and O–H groups in total. The molecule has 5 heteroatoms. The third kappa shape index (κ3) is 2.90. The standard InChI is InChI=1S/C13H20N2O3/c1-13(2,3)15-11(8-18-7-9-4-5-9)10(6-14-15)12(16)17/h6,9H,4-5,7-8H2,1-3H3,(H,16,17). The number of ether oxygens (including phenoxy) is 1. The van der Waals surface area contributed by atoms with Crippen molar-refractivity contribution in [2.24, 2.45) is 5.92 Å². The van der Waals surface area contributed by atoms with Crippen molar-refractivity contribution in [3.63, 3.8) is 0 Å². The fourth-order valence-corrected chi connectivity index (χ4v) is 1.88. The molecule has 100 valence electrons. The number of hydrogen-bond acceptors (Lipinski definition) is 3. The van der Waals surface area contributed by atoms with E-state index < -0.39 is 5.97 Å². The van der Waals surface area contributed by atoms with Gasteiger partial charge in [0, 0.05) is 6.61 Å². The number of nitrogens with zero attached hydrogens (tertiary/aromatic N) is 2. The molecule has 1 aliphatic rings. The molecule has 0 bridgehead atoms. The van der Waals surface area contributed by atoms with Crippen LogP contribution in [0.4, 0.5) is 0 Å². The minimum absolute atomic E-state index is 0.237. The Labute approximate surface area is 107 Å². The van der Waals surface area contributed by atoms with Gasteiger partial charge < -0.3 is 9.84 Å². The van der Waals surface area contributed by atoms with Crippen LogP contribution in [0.3, 0.4) is 0 Å². The van der Waals surface area contributed by atoms with Gasteiger partial charge in [-0.15, -0.1) is 0 Å². The van der Waals surface area contributed by atoms with E-state index in [1.165, 1.54) is 19.0 Å². The number of rotatable bonds is 5. The molecule has 1 fully saturated rings. The highest BCUT2D eigenvalue weighted by Gasteiger charge is 2.25. The molecule has 1 saturated carbocycles. The van der Waals surface area contributed by atoms with Gasteiger partial charge in [0.1, 0.15) is 5.56 Å². The fourth-order valence-electron chi connectivity index (χ4n) is 1.88. The molecule has 1 aromatic rings. The normalized spacial score (nSPS) is 15.9. The van der Waals surface area contributed by atoms with Crippen LogP contribution in [0.5, 0.6) is 0 Å². The highest BCUT2D eigenvalue weighted by Crippen LogP contribution is 2.29. The van der Waals surface area contributed by atoms with E-state index in [9.17, 15) is 4.79 Å². The molecule has 0 atom stereocenters. The molecule has 5 nitrogen and oxygen atoms in total. The topological polar surface area (TPSA) is 64.4 Å². The summed E-state index contributed by atoms with van der Waals surface area (Å²) in [6.45, 7) is 7.02. The number of carbonyl (C=O) groups is 1. The first-order chi connectivity index (χ1) is 8.39. The highest BCUT2D eigenvalue weighted by atomic mass is 16.5. The van der Waals surface area contributed by atoms with Crippen LogP contribution >= 0.6 is 0 Å². The van der Waals surface area contributed by atoms with E-state index >= 15 is 0 Å². The molecule has 0 aliphatic heterocycles. The van der Waals surface area contributed by atoms with E-state index in [2.05, 4.69) is 5.10 Å². The maximum absolute atomic E-state index is 11.2. The molecule has 0 radical (unpaired) electrons. The van der Waals surface area contributed by atoms with Gasteiger partial charge >= 0.3 is 5.97 Å². The van der Waals surface area contributed by atoms with Gasteiger partial charge in [-0.05, 0) is 39.5 Å². The molecule has 2 rings (SSSR count). The molecule has 0 saturated heterocycles. The molecule has 1 heterocycles. The van der Waals surface area contributed by atoms with E-state index in [0.29, 0.717) is 24.8 Å². The summed E-state index contributed by atoms with van der Waals surface area (Å²) in [5, 5.41) is 13.3. The van der Waals surface area contributed by atoms with E-state index in [-0.39, 0.29) is 11.1 Å². The largest absolute Gasteiger partial charge is 0.478 e. The van der Waals surface area contributed by atoms with Crippen LogP contribution in [0.2, 0.25) is 0 Å². The van der Waals surface area contributed by atoms with Crippen molar-refractivity contribution in [2.45, 2.75) is 45.8 Å². The number of carboxylic acid groups (broad SMARTS) is 1. The Morgan fingerprint density at radius 1 is 1.56 bits per heavy atom. The molecule has 18 heavy (non-hydrogen) atoms. The fraction of sp³-hybridized carbons (Fsp3) is 0.692. The Morgan fingerprint density at radius 2 is 2.22 bits per heavy atom. The Bertz CT molecular complexity index is 442. The second kappa shape index (κ2) is 4.72. The second-order valence-corrected chi connectivity index (χ2v) is 5.85. The van der Waals surface area contributed by atoms with Crippen LogP contribution in [0.25, 0.3) is 0 Å². The van der Waals surface area contributed by atoms with Gasteiger partial charge in [-0.1, -0.05) is 0 Å². The summed E-state index contributed by atoms with van der Waals surface area (Å²) < 4.78 is 7.34. The molecular weight excluding hydrogens is 232 g/mol.